The summed E-state index contributed by atoms with van der Waals surface area (Å²) in [5.41, 5.74) is 1.12. The molecule has 0 saturated heterocycles. The molecular formula is C21H27N7O2. The summed E-state index contributed by atoms with van der Waals surface area (Å²) in [5, 5.41) is 14.1. The van der Waals surface area contributed by atoms with Gasteiger partial charge in [-0.2, -0.15) is 5.10 Å². The van der Waals surface area contributed by atoms with Gasteiger partial charge in [-0.25, -0.2) is 4.98 Å². The molecule has 0 saturated carbocycles. The molecule has 0 radical (unpaired) electrons. The fourth-order valence-electron chi connectivity index (χ4n) is 3.20. The van der Waals surface area contributed by atoms with Crippen molar-refractivity contribution < 1.29 is 9.47 Å². The molecule has 30 heavy (non-hydrogen) atoms. The quantitative estimate of drug-likeness (QED) is 0.572. The van der Waals surface area contributed by atoms with E-state index >= 15 is 0 Å². The highest BCUT2D eigenvalue weighted by molar-refractivity contribution is 5.64. The molecule has 2 aliphatic rings. The summed E-state index contributed by atoms with van der Waals surface area (Å²) >= 11 is 0. The van der Waals surface area contributed by atoms with Crippen LogP contribution >= 0.6 is 0 Å². The molecule has 0 amide bonds. The molecule has 1 aliphatic heterocycles. The van der Waals surface area contributed by atoms with Gasteiger partial charge in [-0.15, -0.1) is 0 Å². The zero-order valence-corrected chi connectivity index (χ0v) is 17.4. The van der Waals surface area contributed by atoms with Crippen LogP contribution in [0, 0.1) is 0 Å². The van der Waals surface area contributed by atoms with Gasteiger partial charge >= 0.3 is 0 Å². The van der Waals surface area contributed by atoms with E-state index in [2.05, 4.69) is 44.0 Å². The number of hydrogen-bond donors (Lipinski definition) is 3. The van der Waals surface area contributed by atoms with Gasteiger partial charge in [0, 0.05) is 43.4 Å². The summed E-state index contributed by atoms with van der Waals surface area (Å²) in [5.74, 6) is 2.95. The van der Waals surface area contributed by atoms with Gasteiger partial charge in [-0.1, -0.05) is 6.08 Å². The molecular weight excluding hydrogens is 382 g/mol. The first-order valence-electron chi connectivity index (χ1n) is 9.99. The van der Waals surface area contributed by atoms with Crippen molar-refractivity contribution in [2.45, 2.75) is 31.5 Å². The van der Waals surface area contributed by atoms with Crippen LogP contribution in [0.1, 0.15) is 13.3 Å². The molecule has 9 nitrogen and oxygen atoms in total. The summed E-state index contributed by atoms with van der Waals surface area (Å²) in [7, 11) is 3.80. The number of fused-ring (bicyclic) bond motifs is 1. The molecule has 9 heteroatoms. The van der Waals surface area contributed by atoms with Crippen LogP contribution in [0.15, 0.2) is 59.1 Å². The van der Waals surface area contributed by atoms with E-state index in [-0.39, 0.29) is 18.2 Å². The number of aromatic nitrogens is 3. The monoisotopic (exact) mass is 409 g/mol. The van der Waals surface area contributed by atoms with E-state index in [1.807, 2.05) is 44.6 Å². The maximum Gasteiger partial charge on any atom is 0.214 e. The third-order valence-corrected chi connectivity index (χ3v) is 4.99. The third kappa shape index (κ3) is 4.80. The number of likely N-dealkylation sites (N-methyl/N-ethyl adjacent to an activating group) is 1. The average molecular weight is 409 g/mol. The summed E-state index contributed by atoms with van der Waals surface area (Å²) in [6.07, 6.45) is 9.95. The molecule has 0 bridgehead atoms. The van der Waals surface area contributed by atoms with Crippen molar-refractivity contribution in [3.8, 4) is 11.6 Å². The lowest BCUT2D eigenvalue weighted by Crippen LogP contribution is -2.34. The largest absolute Gasteiger partial charge is 0.490 e. The lowest BCUT2D eigenvalue weighted by atomic mass is 9.93. The van der Waals surface area contributed by atoms with Crippen LogP contribution in [0.2, 0.25) is 0 Å². The first-order valence-corrected chi connectivity index (χ1v) is 9.99. The summed E-state index contributed by atoms with van der Waals surface area (Å²) < 4.78 is 13.5. The van der Waals surface area contributed by atoms with E-state index in [1.54, 1.807) is 17.2 Å². The van der Waals surface area contributed by atoms with Crippen LogP contribution in [0.25, 0.3) is 0 Å². The van der Waals surface area contributed by atoms with E-state index in [4.69, 9.17) is 9.47 Å². The summed E-state index contributed by atoms with van der Waals surface area (Å²) in [6.45, 7) is 2.64. The fourth-order valence-corrected chi connectivity index (χ4v) is 3.20. The van der Waals surface area contributed by atoms with Gasteiger partial charge in [0.25, 0.3) is 0 Å². The first kappa shape index (κ1) is 20.0. The van der Waals surface area contributed by atoms with E-state index in [0.29, 0.717) is 18.9 Å². The Hall–Kier alpha value is -3.33. The molecule has 1 aliphatic carbocycles. The number of ether oxygens (including phenoxy) is 2. The lowest BCUT2D eigenvalue weighted by molar-refractivity contribution is 0.231. The number of aliphatic imine (C=N–C) groups is 1. The van der Waals surface area contributed by atoms with Crippen LogP contribution in [-0.2, 0) is 7.05 Å². The Labute approximate surface area is 175 Å². The maximum atomic E-state index is 6.08. The number of anilines is 1. The van der Waals surface area contributed by atoms with Crippen molar-refractivity contribution in [1.29, 1.82) is 0 Å². The summed E-state index contributed by atoms with van der Waals surface area (Å²) in [4.78, 5) is 8.88. The van der Waals surface area contributed by atoms with Gasteiger partial charge in [0.05, 0.1) is 18.6 Å². The molecule has 0 spiro atoms. The molecule has 0 aromatic carbocycles. The molecule has 3 atom stereocenters. The van der Waals surface area contributed by atoms with Crippen LogP contribution in [0.5, 0.6) is 11.6 Å². The topological polar surface area (TPSA) is 97.6 Å². The predicted octanol–water partition coefficient (Wildman–Crippen LogP) is 1.83. The number of pyridine rings is 1. The van der Waals surface area contributed by atoms with E-state index in [9.17, 15) is 0 Å². The number of nitrogens with one attached hydrogen (secondary N) is 3. The second kappa shape index (κ2) is 9.00. The Morgan fingerprint density at radius 3 is 2.93 bits per heavy atom. The van der Waals surface area contributed by atoms with E-state index < -0.39 is 0 Å². The van der Waals surface area contributed by atoms with Crippen molar-refractivity contribution in [3.63, 3.8) is 0 Å². The zero-order valence-electron chi connectivity index (χ0n) is 17.4. The number of nitrogens with zero attached hydrogens (tertiary/aromatic N) is 4. The standard InChI is InChI=1S/C21H27N7O2/c1-14(22-2)12-29-16-5-7-20(23-11-16)30-15-4-6-18-17(10-15)21(25-13-24-18)26-19-8-9-28(3)27-19/h4-9,11,13-15,18,22H,10,12H2,1-3H3,(H,24,25)(H,26,27)/t14-,15?,18?/m0/s1. The Bertz CT molecular complexity index is 949. The van der Waals surface area contributed by atoms with Gasteiger partial charge in [-0.05, 0) is 26.1 Å². The molecule has 3 N–H and O–H groups in total. The Kier molecular flexibility index (Phi) is 5.99. The van der Waals surface area contributed by atoms with Gasteiger partial charge in [0.2, 0.25) is 5.88 Å². The first-order chi connectivity index (χ1) is 14.6. The van der Waals surface area contributed by atoms with Gasteiger partial charge in [0.15, 0.2) is 5.82 Å². The van der Waals surface area contributed by atoms with Crippen LogP contribution in [0.3, 0.4) is 0 Å². The van der Waals surface area contributed by atoms with Gasteiger partial charge in [0.1, 0.15) is 24.3 Å². The molecule has 2 unspecified atom stereocenters. The molecule has 158 valence electrons. The smallest absolute Gasteiger partial charge is 0.214 e. The highest BCUT2D eigenvalue weighted by Gasteiger charge is 2.27. The molecule has 4 rings (SSSR count). The van der Waals surface area contributed by atoms with E-state index in [0.717, 1.165) is 23.0 Å². The minimum Gasteiger partial charge on any atom is -0.490 e. The Morgan fingerprint density at radius 1 is 1.30 bits per heavy atom. The minimum absolute atomic E-state index is 0.00443. The predicted molar refractivity (Wildman–Crippen MR) is 116 cm³/mol. The van der Waals surface area contributed by atoms with Crippen molar-refractivity contribution in [1.82, 2.24) is 25.4 Å². The molecule has 2 aromatic rings. The molecule has 0 fully saturated rings. The second-order valence-corrected chi connectivity index (χ2v) is 7.35. The van der Waals surface area contributed by atoms with E-state index in [1.165, 1.54) is 0 Å². The van der Waals surface area contributed by atoms with Crippen molar-refractivity contribution in [2.75, 3.05) is 19.0 Å². The highest BCUT2D eigenvalue weighted by atomic mass is 16.5. The molecule has 2 aromatic heterocycles. The highest BCUT2D eigenvalue weighted by Crippen LogP contribution is 2.28. The van der Waals surface area contributed by atoms with Crippen molar-refractivity contribution >= 4 is 12.2 Å². The Balaban J connectivity index is 1.41. The van der Waals surface area contributed by atoms with Crippen LogP contribution < -0.4 is 25.4 Å². The second-order valence-electron chi connectivity index (χ2n) is 7.35. The van der Waals surface area contributed by atoms with Gasteiger partial charge < -0.3 is 25.4 Å². The van der Waals surface area contributed by atoms with Crippen molar-refractivity contribution in [2.24, 2.45) is 12.0 Å². The number of aryl methyl sites for hydroxylation is 1. The number of rotatable bonds is 8. The third-order valence-electron chi connectivity index (χ3n) is 4.99. The van der Waals surface area contributed by atoms with Crippen molar-refractivity contribution in [3.05, 3.63) is 54.1 Å². The zero-order chi connectivity index (χ0) is 20.9. The SMILES string of the molecule is CN[C@@H](C)COc1ccc(OC2C=CC3N=CNC(Nc4ccn(C)n4)=C3C2)nc1. The normalized spacial score (nSPS) is 21.0. The van der Waals surface area contributed by atoms with Crippen LogP contribution in [-0.4, -0.2) is 52.9 Å². The maximum absolute atomic E-state index is 6.08. The minimum atomic E-state index is -0.129. The average Bonchev–Trinajstić information content (AvgIpc) is 3.18. The van der Waals surface area contributed by atoms with Gasteiger partial charge in [-0.3, -0.25) is 9.67 Å². The Morgan fingerprint density at radius 2 is 2.20 bits per heavy atom. The molecule has 3 heterocycles. The summed E-state index contributed by atoms with van der Waals surface area (Å²) in [6, 6.07) is 5.90. The number of hydrogen-bond acceptors (Lipinski definition) is 8. The fraction of sp³-hybridized carbons (Fsp3) is 0.381. The lowest BCUT2D eigenvalue weighted by Gasteiger charge is -2.29. The van der Waals surface area contributed by atoms with Crippen LogP contribution in [0.4, 0.5) is 5.82 Å².